The van der Waals surface area contributed by atoms with Crippen molar-refractivity contribution in [2.75, 3.05) is 16.6 Å². The average molecular weight is 452 g/mol. The number of nitrogens with one attached hydrogen (secondary N) is 2. The fourth-order valence-corrected chi connectivity index (χ4v) is 3.84. The number of ether oxygens (including phenoxy) is 1. The van der Waals surface area contributed by atoms with E-state index in [9.17, 15) is 13.2 Å². The van der Waals surface area contributed by atoms with Gasteiger partial charge in [-0.3, -0.25) is 9.52 Å². The third-order valence-electron chi connectivity index (χ3n) is 3.41. The number of benzene rings is 2. The summed E-state index contributed by atoms with van der Waals surface area (Å²) in [5.41, 5.74) is 0.339. The van der Waals surface area contributed by atoms with Crippen molar-refractivity contribution in [1.29, 1.82) is 0 Å². The van der Waals surface area contributed by atoms with Gasteiger partial charge in [-0.25, -0.2) is 8.42 Å². The summed E-state index contributed by atoms with van der Waals surface area (Å²) in [6.45, 7) is 3.83. The molecular formula is C17H17Cl3N2O4S. The van der Waals surface area contributed by atoms with Crippen LogP contribution >= 0.6 is 34.8 Å². The Labute approximate surface area is 172 Å². The van der Waals surface area contributed by atoms with Crippen molar-refractivity contribution >= 4 is 62.1 Å². The Morgan fingerprint density at radius 3 is 2.30 bits per heavy atom. The van der Waals surface area contributed by atoms with E-state index in [1.165, 1.54) is 30.3 Å². The number of carbonyl (C=O) groups excluding carboxylic acids is 1. The van der Waals surface area contributed by atoms with E-state index in [0.29, 0.717) is 12.4 Å². The molecule has 0 bridgehead atoms. The normalized spacial score (nSPS) is 11.1. The van der Waals surface area contributed by atoms with E-state index < -0.39 is 10.0 Å². The molecule has 0 atom stereocenters. The molecule has 0 aliphatic carbocycles. The highest BCUT2D eigenvalue weighted by Crippen LogP contribution is 2.34. The first-order chi connectivity index (χ1) is 12.7. The second-order valence-corrected chi connectivity index (χ2v) is 8.25. The molecule has 0 heterocycles. The number of carbonyl (C=O) groups is 1. The molecule has 6 nitrogen and oxygen atoms in total. The van der Waals surface area contributed by atoms with E-state index in [1.807, 2.05) is 0 Å². The molecule has 0 saturated carbocycles. The van der Waals surface area contributed by atoms with Gasteiger partial charge in [-0.1, -0.05) is 41.7 Å². The Bertz CT molecular complexity index is 965. The van der Waals surface area contributed by atoms with Crippen LogP contribution in [0.4, 0.5) is 11.4 Å². The van der Waals surface area contributed by atoms with Crippen molar-refractivity contribution in [1.82, 2.24) is 0 Å². The van der Waals surface area contributed by atoms with Crippen LogP contribution in [-0.4, -0.2) is 20.9 Å². The fourth-order valence-electron chi connectivity index (χ4n) is 2.10. The van der Waals surface area contributed by atoms with Crippen molar-refractivity contribution in [2.24, 2.45) is 0 Å². The fraction of sp³-hybridized carbons (Fsp3) is 0.235. The predicted octanol–water partition coefficient (Wildman–Crippen LogP) is 5.19. The number of amides is 1. The van der Waals surface area contributed by atoms with Crippen LogP contribution in [0.2, 0.25) is 15.1 Å². The Morgan fingerprint density at radius 2 is 1.67 bits per heavy atom. The molecule has 2 aromatic rings. The second kappa shape index (κ2) is 9.01. The van der Waals surface area contributed by atoms with Crippen molar-refractivity contribution in [3.8, 4) is 5.75 Å². The van der Waals surface area contributed by atoms with E-state index in [2.05, 4.69) is 10.0 Å². The van der Waals surface area contributed by atoms with Gasteiger partial charge < -0.3 is 10.1 Å². The Hall–Kier alpha value is -1.67. The minimum Gasteiger partial charge on any atom is -0.492 e. The standard InChI is InChI=1S/C17H17Cl3N2O4S/c1-3-17(23)21-15-7-10(5-6-16(15)26-4-2)27(24,25)22-14-9-12(19)11(18)8-13(14)20/h5-9,22H,3-4H2,1-2H3,(H,21,23). The largest absolute Gasteiger partial charge is 0.492 e. The van der Waals surface area contributed by atoms with Crippen LogP contribution < -0.4 is 14.8 Å². The van der Waals surface area contributed by atoms with Gasteiger partial charge in [-0.15, -0.1) is 0 Å². The third-order valence-corrected chi connectivity index (χ3v) is 5.81. The maximum atomic E-state index is 12.7. The summed E-state index contributed by atoms with van der Waals surface area (Å²) >= 11 is 17.8. The molecule has 10 heteroatoms. The smallest absolute Gasteiger partial charge is 0.262 e. The number of hydrogen-bond acceptors (Lipinski definition) is 4. The lowest BCUT2D eigenvalue weighted by Crippen LogP contribution is -2.15. The molecule has 2 rings (SSSR count). The quantitative estimate of drug-likeness (QED) is 0.567. The number of sulfonamides is 1. The van der Waals surface area contributed by atoms with Crippen molar-refractivity contribution in [3.63, 3.8) is 0 Å². The molecule has 0 radical (unpaired) electrons. The zero-order valence-corrected chi connectivity index (χ0v) is 17.6. The van der Waals surface area contributed by atoms with Gasteiger partial charge in [0.15, 0.2) is 0 Å². The minimum absolute atomic E-state index is 0.0825. The lowest BCUT2D eigenvalue weighted by molar-refractivity contribution is -0.115. The highest BCUT2D eigenvalue weighted by atomic mass is 35.5. The minimum atomic E-state index is -4.01. The van der Waals surface area contributed by atoms with E-state index in [1.54, 1.807) is 13.8 Å². The van der Waals surface area contributed by atoms with Gasteiger partial charge in [0, 0.05) is 6.42 Å². The monoisotopic (exact) mass is 450 g/mol. The molecule has 27 heavy (non-hydrogen) atoms. The molecule has 0 saturated heterocycles. The summed E-state index contributed by atoms with van der Waals surface area (Å²) in [5, 5.41) is 3.08. The number of anilines is 2. The zero-order valence-electron chi connectivity index (χ0n) is 14.5. The first-order valence-electron chi connectivity index (χ1n) is 7.92. The van der Waals surface area contributed by atoms with Crippen LogP contribution in [0.15, 0.2) is 35.2 Å². The SMILES string of the molecule is CCOc1ccc(S(=O)(=O)Nc2cc(Cl)c(Cl)cc2Cl)cc1NC(=O)CC. The van der Waals surface area contributed by atoms with Crippen molar-refractivity contribution in [2.45, 2.75) is 25.2 Å². The van der Waals surface area contributed by atoms with Crippen molar-refractivity contribution < 1.29 is 17.9 Å². The van der Waals surface area contributed by atoms with E-state index in [0.717, 1.165) is 0 Å². The van der Waals surface area contributed by atoms with Crippen LogP contribution in [0, 0.1) is 0 Å². The van der Waals surface area contributed by atoms with E-state index in [4.69, 9.17) is 39.5 Å². The van der Waals surface area contributed by atoms with Crippen LogP contribution in [0.5, 0.6) is 5.75 Å². The molecule has 0 aliphatic rings. The molecule has 2 N–H and O–H groups in total. The number of halogens is 3. The first kappa shape index (κ1) is 21.6. The lowest BCUT2D eigenvalue weighted by Gasteiger charge is -2.15. The Balaban J connectivity index is 2.42. The van der Waals surface area contributed by atoms with Crippen molar-refractivity contribution in [3.05, 3.63) is 45.4 Å². The molecule has 0 unspecified atom stereocenters. The van der Waals surface area contributed by atoms with E-state index in [-0.39, 0.29) is 43.7 Å². The van der Waals surface area contributed by atoms with Gasteiger partial charge in [-0.2, -0.15) is 0 Å². The maximum absolute atomic E-state index is 12.7. The Kier molecular flexibility index (Phi) is 7.22. The predicted molar refractivity (Wildman–Crippen MR) is 109 cm³/mol. The van der Waals surface area contributed by atoms with E-state index >= 15 is 0 Å². The topological polar surface area (TPSA) is 84.5 Å². The molecule has 0 spiro atoms. The first-order valence-corrected chi connectivity index (χ1v) is 10.5. The average Bonchev–Trinajstić information content (AvgIpc) is 2.61. The summed E-state index contributed by atoms with van der Waals surface area (Å²) in [5.74, 6) is 0.0943. The van der Waals surface area contributed by atoms with Gasteiger partial charge in [0.25, 0.3) is 10.0 Å². The van der Waals surface area contributed by atoms with Gasteiger partial charge in [-0.05, 0) is 37.3 Å². The summed E-state index contributed by atoms with van der Waals surface area (Å²) in [6.07, 6.45) is 0.236. The molecule has 0 aliphatic heterocycles. The second-order valence-electron chi connectivity index (χ2n) is 5.34. The van der Waals surface area contributed by atoms with Crippen LogP contribution in [0.1, 0.15) is 20.3 Å². The summed E-state index contributed by atoms with van der Waals surface area (Å²) < 4.78 is 33.2. The molecule has 0 aromatic heterocycles. The number of hydrogen-bond donors (Lipinski definition) is 2. The van der Waals surface area contributed by atoms with Gasteiger partial charge in [0.2, 0.25) is 5.91 Å². The van der Waals surface area contributed by atoms with Gasteiger partial charge in [0.1, 0.15) is 5.75 Å². The highest BCUT2D eigenvalue weighted by Gasteiger charge is 2.19. The lowest BCUT2D eigenvalue weighted by atomic mass is 10.3. The van der Waals surface area contributed by atoms with Gasteiger partial charge in [0.05, 0.1) is 37.9 Å². The molecular weight excluding hydrogens is 435 g/mol. The van der Waals surface area contributed by atoms with Crippen LogP contribution in [0.3, 0.4) is 0 Å². The molecule has 0 fully saturated rings. The van der Waals surface area contributed by atoms with Gasteiger partial charge >= 0.3 is 0 Å². The zero-order chi connectivity index (χ0) is 20.2. The summed E-state index contributed by atoms with van der Waals surface area (Å²) in [7, 11) is -4.01. The maximum Gasteiger partial charge on any atom is 0.262 e. The number of rotatable bonds is 7. The third kappa shape index (κ3) is 5.42. The van der Waals surface area contributed by atoms with Crippen LogP contribution in [-0.2, 0) is 14.8 Å². The molecule has 146 valence electrons. The summed E-state index contributed by atoms with van der Waals surface area (Å²) in [4.78, 5) is 11.6. The highest BCUT2D eigenvalue weighted by molar-refractivity contribution is 7.92. The summed E-state index contributed by atoms with van der Waals surface area (Å²) in [6, 6.07) is 6.80. The molecule has 1 amide bonds. The molecule has 2 aromatic carbocycles. The van der Waals surface area contributed by atoms with Crippen LogP contribution in [0.25, 0.3) is 0 Å². The Morgan fingerprint density at radius 1 is 1.00 bits per heavy atom.